The van der Waals surface area contributed by atoms with E-state index in [1.807, 2.05) is 12.1 Å². The summed E-state index contributed by atoms with van der Waals surface area (Å²) >= 11 is 0. The van der Waals surface area contributed by atoms with Crippen LogP contribution in [0, 0.1) is 11.3 Å². The molecule has 0 saturated carbocycles. The Hall–Kier alpha value is -3.34. The van der Waals surface area contributed by atoms with E-state index >= 15 is 0 Å². The van der Waals surface area contributed by atoms with Gasteiger partial charge in [-0.05, 0) is 29.3 Å². The monoisotopic (exact) mass is 335 g/mol. The van der Waals surface area contributed by atoms with E-state index in [0.717, 1.165) is 22.0 Å². The number of carbonyl (C=O) groups excluding carboxylic acids is 1. The number of phenols is 1. The van der Waals surface area contributed by atoms with Crippen LogP contribution in [0.4, 0.5) is 0 Å². The van der Waals surface area contributed by atoms with Crippen molar-refractivity contribution in [2.24, 2.45) is 0 Å². The molecule has 7 heteroatoms. The smallest absolute Gasteiger partial charge is 0.278 e. The first kappa shape index (κ1) is 15.2. The number of aromatic nitrogens is 1. The van der Waals surface area contributed by atoms with Gasteiger partial charge in [0.2, 0.25) is 0 Å². The zero-order valence-electron chi connectivity index (χ0n) is 13.0. The number of carbonyl (C=O) groups is 1. The third-order valence-electron chi connectivity index (χ3n) is 4.41. The number of hydroxylamine groups is 1. The largest absolute Gasteiger partial charge is 0.507 e. The summed E-state index contributed by atoms with van der Waals surface area (Å²) in [4.78, 5) is 11.5. The molecule has 0 fully saturated rings. The summed E-state index contributed by atoms with van der Waals surface area (Å²) in [6.45, 7) is 0.999. The second kappa shape index (κ2) is 5.63. The summed E-state index contributed by atoms with van der Waals surface area (Å²) in [6, 6.07) is 10.5. The van der Waals surface area contributed by atoms with Crippen LogP contribution in [0.1, 0.15) is 27.0 Å². The molecule has 0 bridgehead atoms. The maximum atomic E-state index is 11.5. The van der Waals surface area contributed by atoms with Crippen molar-refractivity contribution in [2.75, 3.05) is 0 Å². The summed E-state index contributed by atoms with van der Waals surface area (Å²) in [5.74, 6) is -1.07. The molecule has 0 saturated heterocycles. The predicted molar refractivity (Wildman–Crippen MR) is 87.4 cm³/mol. The minimum atomic E-state index is -0.797. The van der Waals surface area contributed by atoms with Crippen LogP contribution < -0.4 is 5.48 Å². The fraction of sp³-hybridized carbons (Fsp3) is 0.111. The lowest BCUT2D eigenvalue weighted by Gasteiger charge is -2.09. The van der Waals surface area contributed by atoms with Gasteiger partial charge < -0.3 is 14.4 Å². The van der Waals surface area contributed by atoms with Crippen molar-refractivity contribution in [1.29, 1.82) is 5.26 Å². The topological polar surface area (TPSA) is 108 Å². The number of nitrogens with zero attached hydrogens (tertiary/aromatic N) is 2. The van der Waals surface area contributed by atoms with Crippen LogP contribution in [0.2, 0.25) is 0 Å². The molecule has 0 spiro atoms. The van der Waals surface area contributed by atoms with Crippen LogP contribution in [0.5, 0.6) is 5.75 Å². The molecular formula is C18H13N3O4. The van der Waals surface area contributed by atoms with Crippen molar-refractivity contribution in [1.82, 2.24) is 10.0 Å². The van der Waals surface area contributed by atoms with Crippen LogP contribution in [-0.2, 0) is 18.0 Å². The molecule has 3 N–H and O–H groups in total. The first-order valence-corrected chi connectivity index (χ1v) is 7.55. The fourth-order valence-corrected chi connectivity index (χ4v) is 3.23. The van der Waals surface area contributed by atoms with Crippen molar-refractivity contribution in [3.8, 4) is 17.5 Å². The van der Waals surface area contributed by atoms with Gasteiger partial charge in [0.25, 0.3) is 5.91 Å². The minimum absolute atomic E-state index is 0.0440. The molecule has 7 nitrogen and oxygen atoms in total. The number of phenolic OH excluding ortho intramolecular Hbond substituents is 1. The van der Waals surface area contributed by atoms with E-state index in [9.17, 15) is 15.2 Å². The molecule has 0 radical (unpaired) electrons. The molecular weight excluding hydrogens is 322 g/mol. The van der Waals surface area contributed by atoms with Gasteiger partial charge in [-0.2, -0.15) is 5.26 Å². The second-order valence-corrected chi connectivity index (χ2v) is 5.76. The molecule has 2 heterocycles. The number of aromatic hydroxyl groups is 1. The maximum Gasteiger partial charge on any atom is 0.278 e. The van der Waals surface area contributed by atoms with E-state index in [4.69, 9.17) is 9.94 Å². The lowest BCUT2D eigenvalue weighted by molar-refractivity contribution is 0.0703. The minimum Gasteiger partial charge on any atom is -0.507 e. The Labute approximate surface area is 142 Å². The van der Waals surface area contributed by atoms with E-state index in [-0.39, 0.29) is 11.3 Å². The van der Waals surface area contributed by atoms with Gasteiger partial charge in [0.15, 0.2) is 0 Å². The Morgan fingerprint density at radius 3 is 2.84 bits per heavy atom. The number of hydrogen-bond donors (Lipinski definition) is 3. The van der Waals surface area contributed by atoms with Gasteiger partial charge in [-0.25, -0.2) is 5.48 Å². The van der Waals surface area contributed by atoms with E-state index in [2.05, 4.69) is 6.07 Å². The van der Waals surface area contributed by atoms with Crippen molar-refractivity contribution >= 4 is 16.8 Å². The lowest BCUT2D eigenvalue weighted by atomic mass is 10.0. The molecule has 0 atom stereocenters. The quantitative estimate of drug-likeness (QED) is 0.492. The summed E-state index contributed by atoms with van der Waals surface area (Å²) in [7, 11) is 0. The van der Waals surface area contributed by atoms with Crippen molar-refractivity contribution in [3.63, 3.8) is 0 Å². The van der Waals surface area contributed by atoms with Gasteiger partial charge >= 0.3 is 0 Å². The van der Waals surface area contributed by atoms with Crippen molar-refractivity contribution in [2.45, 2.75) is 13.2 Å². The Bertz CT molecular complexity index is 1060. The standard InChI is InChI=1S/C18H13N3O4/c19-6-11-7-21(12-2-3-13(16(22)5-12)18(23)20-24)15-4-1-10-8-25-9-14(10)17(11)15/h1-5,7,22,24H,8-9H2,(H,20,23). The number of amides is 1. The molecule has 25 heavy (non-hydrogen) atoms. The van der Waals surface area contributed by atoms with E-state index in [0.29, 0.717) is 24.5 Å². The van der Waals surface area contributed by atoms with Gasteiger partial charge in [-0.15, -0.1) is 0 Å². The first-order chi connectivity index (χ1) is 12.1. The molecule has 1 amide bonds. The Balaban J connectivity index is 1.93. The SMILES string of the molecule is N#Cc1cn(-c2ccc(C(=O)NO)c(O)c2)c2ccc3c(c12)COC3. The van der Waals surface area contributed by atoms with Gasteiger partial charge in [0.05, 0.1) is 29.9 Å². The van der Waals surface area contributed by atoms with Gasteiger partial charge in [-0.3, -0.25) is 10.0 Å². The molecule has 124 valence electrons. The lowest BCUT2D eigenvalue weighted by Crippen LogP contribution is -2.18. The second-order valence-electron chi connectivity index (χ2n) is 5.76. The van der Waals surface area contributed by atoms with Crippen LogP contribution >= 0.6 is 0 Å². The molecule has 1 aliphatic heterocycles. The highest BCUT2D eigenvalue weighted by Gasteiger charge is 2.21. The number of benzene rings is 2. The zero-order valence-corrected chi connectivity index (χ0v) is 13.0. The van der Waals surface area contributed by atoms with Gasteiger partial charge in [0.1, 0.15) is 11.8 Å². The van der Waals surface area contributed by atoms with E-state index in [1.165, 1.54) is 17.6 Å². The van der Waals surface area contributed by atoms with Crippen LogP contribution in [0.15, 0.2) is 36.5 Å². The average molecular weight is 335 g/mol. The molecule has 4 rings (SSSR count). The fourth-order valence-electron chi connectivity index (χ4n) is 3.23. The van der Waals surface area contributed by atoms with Crippen LogP contribution in [-0.4, -0.2) is 20.8 Å². The molecule has 1 aliphatic rings. The highest BCUT2D eigenvalue weighted by molar-refractivity contribution is 5.96. The van der Waals surface area contributed by atoms with Crippen LogP contribution in [0.3, 0.4) is 0 Å². The van der Waals surface area contributed by atoms with E-state index in [1.54, 1.807) is 16.8 Å². The highest BCUT2D eigenvalue weighted by Crippen LogP contribution is 2.34. The van der Waals surface area contributed by atoms with Crippen LogP contribution in [0.25, 0.3) is 16.6 Å². The Morgan fingerprint density at radius 2 is 2.12 bits per heavy atom. The van der Waals surface area contributed by atoms with E-state index < -0.39 is 5.91 Å². The maximum absolute atomic E-state index is 11.5. The third-order valence-corrected chi connectivity index (χ3v) is 4.41. The zero-order chi connectivity index (χ0) is 17.6. The van der Waals surface area contributed by atoms with Crippen molar-refractivity contribution < 1.29 is 19.8 Å². The molecule has 0 aliphatic carbocycles. The molecule has 2 aromatic carbocycles. The molecule has 0 unspecified atom stereocenters. The number of hydrogen-bond acceptors (Lipinski definition) is 5. The number of ether oxygens (including phenoxy) is 1. The predicted octanol–water partition coefficient (Wildman–Crippen LogP) is 2.36. The Morgan fingerprint density at radius 1 is 1.28 bits per heavy atom. The Kier molecular flexibility index (Phi) is 3.42. The molecule has 1 aromatic heterocycles. The average Bonchev–Trinajstić information content (AvgIpc) is 3.24. The first-order valence-electron chi connectivity index (χ1n) is 7.55. The summed E-state index contributed by atoms with van der Waals surface area (Å²) in [5.41, 5.74) is 5.46. The highest BCUT2D eigenvalue weighted by atomic mass is 16.5. The normalized spacial score (nSPS) is 12.8. The third kappa shape index (κ3) is 2.24. The number of nitrogens with one attached hydrogen (secondary N) is 1. The summed E-state index contributed by atoms with van der Waals surface area (Å²) in [6.07, 6.45) is 1.70. The summed E-state index contributed by atoms with van der Waals surface area (Å²) < 4.78 is 7.27. The summed E-state index contributed by atoms with van der Waals surface area (Å²) in [5, 5.41) is 29.1. The number of nitriles is 1. The van der Waals surface area contributed by atoms with Crippen molar-refractivity contribution in [3.05, 3.63) is 58.8 Å². The van der Waals surface area contributed by atoms with Gasteiger partial charge in [0, 0.05) is 23.3 Å². The van der Waals surface area contributed by atoms with Gasteiger partial charge in [-0.1, -0.05) is 6.07 Å². The number of fused-ring (bicyclic) bond motifs is 3. The number of rotatable bonds is 2. The molecule has 3 aromatic rings.